The van der Waals surface area contributed by atoms with Gasteiger partial charge in [-0.2, -0.15) is 0 Å². The molecule has 2 rings (SSSR count). The van der Waals surface area contributed by atoms with E-state index < -0.39 is 0 Å². The number of hydrogen-bond acceptors (Lipinski definition) is 3. The van der Waals surface area contributed by atoms with Crippen LogP contribution in [-0.2, 0) is 4.79 Å². The zero-order valence-electron chi connectivity index (χ0n) is 10.4. The van der Waals surface area contributed by atoms with Crippen molar-refractivity contribution in [3.05, 3.63) is 28.2 Å². The van der Waals surface area contributed by atoms with Crippen molar-refractivity contribution in [2.45, 2.75) is 18.9 Å². The van der Waals surface area contributed by atoms with Crippen LogP contribution in [0, 0.1) is 0 Å². The van der Waals surface area contributed by atoms with E-state index in [4.69, 9.17) is 27.9 Å². The Kier molecular flexibility index (Phi) is 5.31. The van der Waals surface area contributed by atoms with E-state index in [2.05, 4.69) is 10.6 Å². The monoisotopic (exact) mass is 302 g/mol. The van der Waals surface area contributed by atoms with Crippen LogP contribution in [0.3, 0.4) is 0 Å². The Bertz CT molecular complexity index is 448. The summed E-state index contributed by atoms with van der Waals surface area (Å²) in [6.07, 6.45) is 1.90. The first-order valence-corrected chi connectivity index (χ1v) is 6.98. The number of benzene rings is 1. The van der Waals surface area contributed by atoms with Gasteiger partial charge in [0.2, 0.25) is 0 Å². The largest absolute Gasteiger partial charge is 0.482 e. The lowest BCUT2D eigenvalue weighted by Crippen LogP contribution is -2.44. The molecule has 4 nitrogen and oxygen atoms in total. The average molecular weight is 303 g/mol. The van der Waals surface area contributed by atoms with Gasteiger partial charge in [-0.25, -0.2) is 0 Å². The summed E-state index contributed by atoms with van der Waals surface area (Å²) in [7, 11) is 0. The van der Waals surface area contributed by atoms with E-state index in [1.165, 1.54) is 0 Å². The highest BCUT2D eigenvalue weighted by atomic mass is 35.5. The van der Waals surface area contributed by atoms with Crippen molar-refractivity contribution in [1.29, 1.82) is 0 Å². The maximum absolute atomic E-state index is 11.7. The summed E-state index contributed by atoms with van der Waals surface area (Å²) in [6.45, 7) is 1.82. The summed E-state index contributed by atoms with van der Waals surface area (Å²) < 4.78 is 5.38. The molecule has 1 amide bonds. The van der Waals surface area contributed by atoms with E-state index >= 15 is 0 Å². The molecular weight excluding hydrogens is 287 g/mol. The normalized spacial score (nSPS) is 16.1. The van der Waals surface area contributed by atoms with Crippen molar-refractivity contribution in [3.8, 4) is 5.75 Å². The molecule has 2 N–H and O–H groups in total. The molecule has 0 saturated carbocycles. The molecule has 1 aromatic carbocycles. The molecule has 1 saturated heterocycles. The highest BCUT2D eigenvalue weighted by Crippen LogP contribution is 2.27. The molecule has 0 bridgehead atoms. The predicted molar refractivity (Wildman–Crippen MR) is 76.0 cm³/mol. The number of halogens is 2. The third kappa shape index (κ3) is 4.56. The molecule has 1 aromatic rings. The SMILES string of the molecule is O=C(COc1cc(Cl)ccc1Cl)NC1CCNCC1. The van der Waals surface area contributed by atoms with E-state index in [0.717, 1.165) is 25.9 Å². The number of hydrogen-bond donors (Lipinski definition) is 2. The van der Waals surface area contributed by atoms with Crippen LogP contribution in [0.5, 0.6) is 5.75 Å². The molecule has 1 heterocycles. The molecule has 1 aliphatic heterocycles. The number of nitrogens with one attached hydrogen (secondary N) is 2. The Morgan fingerprint density at radius 1 is 1.37 bits per heavy atom. The lowest BCUT2D eigenvalue weighted by Gasteiger charge is -2.23. The fraction of sp³-hybridized carbons (Fsp3) is 0.462. The summed E-state index contributed by atoms with van der Waals surface area (Å²) in [5, 5.41) is 7.16. The standard InChI is InChI=1S/C13H16Cl2N2O2/c14-9-1-2-11(15)12(7-9)19-8-13(18)17-10-3-5-16-6-4-10/h1-2,7,10,16H,3-6,8H2,(H,17,18). The second-order valence-electron chi connectivity index (χ2n) is 4.46. The van der Waals surface area contributed by atoms with Gasteiger partial charge in [-0.1, -0.05) is 23.2 Å². The van der Waals surface area contributed by atoms with Gasteiger partial charge in [0.05, 0.1) is 5.02 Å². The van der Waals surface area contributed by atoms with Crippen LogP contribution in [-0.4, -0.2) is 31.6 Å². The Balaban J connectivity index is 1.81. The number of carbonyl (C=O) groups is 1. The molecule has 0 unspecified atom stereocenters. The van der Waals surface area contributed by atoms with Crippen molar-refractivity contribution in [2.24, 2.45) is 0 Å². The maximum Gasteiger partial charge on any atom is 0.258 e. The molecule has 0 aliphatic carbocycles. The minimum atomic E-state index is -0.136. The summed E-state index contributed by atoms with van der Waals surface area (Å²) in [4.78, 5) is 11.7. The fourth-order valence-corrected chi connectivity index (χ4v) is 2.30. The number of amides is 1. The topological polar surface area (TPSA) is 50.4 Å². The molecule has 0 atom stereocenters. The first kappa shape index (κ1) is 14.4. The van der Waals surface area contributed by atoms with E-state index in [-0.39, 0.29) is 18.6 Å². The maximum atomic E-state index is 11.7. The number of carbonyl (C=O) groups excluding carboxylic acids is 1. The van der Waals surface area contributed by atoms with Crippen molar-refractivity contribution in [2.75, 3.05) is 19.7 Å². The summed E-state index contributed by atoms with van der Waals surface area (Å²) in [5.74, 6) is 0.289. The summed E-state index contributed by atoms with van der Waals surface area (Å²) in [5.41, 5.74) is 0. The van der Waals surface area contributed by atoms with Crippen LogP contribution < -0.4 is 15.4 Å². The Morgan fingerprint density at radius 3 is 2.84 bits per heavy atom. The van der Waals surface area contributed by atoms with Crippen molar-refractivity contribution in [1.82, 2.24) is 10.6 Å². The predicted octanol–water partition coefficient (Wildman–Crippen LogP) is 2.24. The van der Waals surface area contributed by atoms with Gasteiger partial charge >= 0.3 is 0 Å². The zero-order chi connectivity index (χ0) is 13.7. The second kappa shape index (κ2) is 6.98. The quantitative estimate of drug-likeness (QED) is 0.897. The first-order chi connectivity index (χ1) is 9.15. The lowest BCUT2D eigenvalue weighted by molar-refractivity contribution is -0.123. The van der Waals surface area contributed by atoms with E-state index in [9.17, 15) is 4.79 Å². The summed E-state index contributed by atoms with van der Waals surface area (Å²) >= 11 is 11.8. The van der Waals surface area contributed by atoms with Crippen molar-refractivity contribution in [3.63, 3.8) is 0 Å². The summed E-state index contributed by atoms with van der Waals surface area (Å²) in [6, 6.07) is 5.14. The van der Waals surface area contributed by atoms with Crippen molar-refractivity contribution >= 4 is 29.1 Å². The van der Waals surface area contributed by atoms with Gasteiger partial charge in [-0.05, 0) is 38.1 Å². The third-order valence-corrected chi connectivity index (χ3v) is 3.50. The molecule has 0 aromatic heterocycles. The molecular formula is C13H16Cl2N2O2. The molecule has 0 spiro atoms. The van der Waals surface area contributed by atoms with E-state index in [1.807, 2.05) is 0 Å². The van der Waals surface area contributed by atoms with Crippen LogP contribution in [0.2, 0.25) is 10.0 Å². The van der Waals surface area contributed by atoms with Gasteiger partial charge in [0.15, 0.2) is 6.61 Å². The molecule has 104 valence electrons. The smallest absolute Gasteiger partial charge is 0.258 e. The van der Waals surface area contributed by atoms with Crippen LogP contribution >= 0.6 is 23.2 Å². The Morgan fingerprint density at radius 2 is 2.11 bits per heavy atom. The molecule has 1 fully saturated rings. The van der Waals surface area contributed by atoms with Crippen LogP contribution in [0.1, 0.15) is 12.8 Å². The van der Waals surface area contributed by atoms with Gasteiger partial charge in [0.25, 0.3) is 5.91 Å². The number of piperidine rings is 1. The second-order valence-corrected chi connectivity index (χ2v) is 5.30. The van der Waals surface area contributed by atoms with Gasteiger partial charge in [0, 0.05) is 17.1 Å². The Hall–Kier alpha value is -0.970. The van der Waals surface area contributed by atoms with Crippen molar-refractivity contribution < 1.29 is 9.53 Å². The number of ether oxygens (including phenoxy) is 1. The van der Waals surface area contributed by atoms with Crippen LogP contribution in [0.15, 0.2) is 18.2 Å². The van der Waals surface area contributed by atoms with Gasteiger partial charge < -0.3 is 15.4 Å². The highest BCUT2D eigenvalue weighted by Gasteiger charge is 2.15. The van der Waals surface area contributed by atoms with E-state index in [0.29, 0.717) is 15.8 Å². The lowest BCUT2D eigenvalue weighted by atomic mass is 10.1. The van der Waals surface area contributed by atoms with Crippen LogP contribution in [0.4, 0.5) is 0 Å². The van der Waals surface area contributed by atoms with Gasteiger partial charge in [-0.3, -0.25) is 4.79 Å². The minimum Gasteiger partial charge on any atom is -0.482 e. The zero-order valence-corrected chi connectivity index (χ0v) is 11.9. The third-order valence-electron chi connectivity index (χ3n) is 2.96. The minimum absolute atomic E-state index is 0.0516. The fourth-order valence-electron chi connectivity index (χ4n) is 1.97. The molecule has 1 aliphatic rings. The Labute approximate surface area is 122 Å². The highest BCUT2D eigenvalue weighted by molar-refractivity contribution is 6.34. The first-order valence-electron chi connectivity index (χ1n) is 6.23. The molecule has 6 heteroatoms. The van der Waals surface area contributed by atoms with Crippen LogP contribution in [0.25, 0.3) is 0 Å². The molecule has 19 heavy (non-hydrogen) atoms. The van der Waals surface area contributed by atoms with E-state index in [1.54, 1.807) is 18.2 Å². The average Bonchev–Trinajstić information content (AvgIpc) is 2.41. The van der Waals surface area contributed by atoms with Gasteiger partial charge in [0.1, 0.15) is 5.75 Å². The van der Waals surface area contributed by atoms with Gasteiger partial charge in [-0.15, -0.1) is 0 Å². The number of rotatable bonds is 4. The molecule has 0 radical (unpaired) electrons.